The van der Waals surface area contributed by atoms with Gasteiger partial charge in [-0.2, -0.15) is 9.61 Å². The van der Waals surface area contributed by atoms with E-state index in [0.717, 1.165) is 4.52 Å². The molecule has 0 N–H and O–H groups in total. The molecule has 3 rings (SSSR count). The first-order valence-electron chi connectivity index (χ1n) is 7.14. The lowest BCUT2D eigenvalue weighted by molar-refractivity contribution is 0.0516. The molecule has 0 aliphatic rings. The molecule has 0 aliphatic carbocycles. The molecule has 0 amide bonds. The highest BCUT2D eigenvalue weighted by molar-refractivity contribution is 5.94. The molecule has 0 bridgehead atoms. The second kappa shape index (κ2) is 6.07. The lowest BCUT2D eigenvalue weighted by atomic mass is 10.1. The third-order valence-corrected chi connectivity index (χ3v) is 3.38. The highest BCUT2D eigenvalue weighted by atomic mass is 16.5. The molecule has 24 heavy (non-hydrogen) atoms. The number of nitrogens with zero attached hydrogens (tertiary/aromatic N) is 3. The summed E-state index contributed by atoms with van der Waals surface area (Å²) in [6.07, 6.45) is 0. The van der Waals surface area contributed by atoms with Crippen molar-refractivity contribution in [3.63, 3.8) is 0 Å². The van der Waals surface area contributed by atoms with E-state index in [1.54, 1.807) is 6.92 Å². The summed E-state index contributed by atoms with van der Waals surface area (Å²) in [6, 6.07) is 7.34. The number of benzene rings is 1. The van der Waals surface area contributed by atoms with Crippen LogP contribution < -0.4 is 5.56 Å². The Bertz CT molecular complexity index is 1030. The van der Waals surface area contributed by atoms with Gasteiger partial charge in [0, 0.05) is 0 Å². The number of methoxy groups -OCH3 is 1. The molecule has 0 atom stereocenters. The number of carbonyl (C=O) groups is 2. The Hall–Kier alpha value is -3.29. The van der Waals surface area contributed by atoms with Crippen LogP contribution in [0.25, 0.3) is 16.6 Å². The van der Waals surface area contributed by atoms with Crippen molar-refractivity contribution in [2.24, 2.45) is 0 Å². The zero-order valence-electron chi connectivity index (χ0n) is 13.0. The summed E-state index contributed by atoms with van der Waals surface area (Å²) < 4.78 is 10.6. The maximum absolute atomic E-state index is 12.6. The Labute approximate surface area is 135 Å². The molecule has 0 fully saturated rings. The van der Waals surface area contributed by atoms with Crippen LogP contribution in [0.1, 0.15) is 27.8 Å². The normalized spacial score (nSPS) is 10.8. The predicted octanol–water partition coefficient (Wildman–Crippen LogP) is 1.21. The second-order valence-corrected chi connectivity index (χ2v) is 4.85. The summed E-state index contributed by atoms with van der Waals surface area (Å²) in [5.41, 5.74) is 0.449. The molecule has 0 aliphatic heterocycles. The highest BCUT2D eigenvalue weighted by Gasteiger charge is 2.14. The third kappa shape index (κ3) is 2.58. The van der Waals surface area contributed by atoms with Gasteiger partial charge in [-0.3, -0.25) is 4.79 Å². The molecule has 2 heterocycles. The van der Waals surface area contributed by atoms with Crippen LogP contribution in [-0.2, 0) is 9.47 Å². The van der Waals surface area contributed by atoms with E-state index < -0.39 is 17.5 Å². The van der Waals surface area contributed by atoms with Gasteiger partial charge in [-0.05, 0) is 37.3 Å². The van der Waals surface area contributed by atoms with E-state index in [4.69, 9.17) is 4.74 Å². The minimum Gasteiger partial charge on any atom is -0.465 e. The van der Waals surface area contributed by atoms with Crippen LogP contribution in [0, 0.1) is 0 Å². The molecule has 0 unspecified atom stereocenters. The fourth-order valence-electron chi connectivity index (χ4n) is 2.25. The van der Waals surface area contributed by atoms with Crippen LogP contribution in [0.2, 0.25) is 0 Å². The minimum atomic E-state index is -0.618. The number of esters is 2. The highest BCUT2D eigenvalue weighted by Crippen LogP contribution is 2.13. The number of hydrogen-bond acceptors (Lipinski definition) is 7. The lowest BCUT2D eigenvalue weighted by Gasteiger charge is -2.06. The molecule has 1 aromatic carbocycles. The number of aromatic nitrogens is 3. The lowest BCUT2D eigenvalue weighted by Crippen LogP contribution is -2.21. The SMILES string of the molecule is CCOC(=O)c1ccc2nc3cc(C(=O)OC)ccc3c(=O)n2n1. The number of rotatable bonds is 3. The van der Waals surface area contributed by atoms with Crippen LogP contribution >= 0.6 is 0 Å². The molecule has 0 spiro atoms. The zero-order valence-corrected chi connectivity index (χ0v) is 13.0. The summed E-state index contributed by atoms with van der Waals surface area (Å²) in [6.45, 7) is 1.89. The van der Waals surface area contributed by atoms with Crippen molar-refractivity contribution in [3.05, 3.63) is 51.9 Å². The zero-order chi connectivity index (χ0) is 17.3. The number of fused-ring (bicyclic) bond motifs is 2. The van der Waals surface area contributed by atoms with Crippen molar-refractivity contribution in [1.29, 1.82) is 0 Å². The van der Waals surface area contributed by atoms with Crippen molar-refractivity contribution < 1.29 is 19.1 Å². The molecule has 122 valence electrons. The number of hydrogen-bond donors (Lipinski definition) is 0. The second-order valence-electron chi connectivity index (χ2n) is 4.85. The Morgan fingerprint density at radius 2 is 1.96 bits per heavy atom. The van der Waals surface area contributed by atoms with Crippen LogP contribution in [0.4, 0.5) is 0 Å². The molecule has 0 radical (unpaired) electrons. The van der Waals surface area contributed by atoms with Crippen molar-refractivity contribution in [2.45, 2.75) is 6.92 Å². The Balaban J connectivity index is 2.21. The van der Waals surface area contributed by atoms with E-state index in [2.05, 4.69) is 14.8 Å². The molecule has 8 nitrogen and oxygen atoms in total. The van der Waals surface area contributed by atoms with Gasteiger partial charge in [0.2, 0.25) is 0 Å². The summed E-state index contributed by atoms with van der Waals surface area (Å²) in [7, 11) is 1.27. The van der Waals surface area contributed by atoms with Gasteiger partial charge in [-0.15, -0.1) is 0 Å². The van der Waals surface area contributed by atoms with E-state index in [-0.39, 0.29) is 28.9 Å². The van der Waals surface area contributed by atoms with Crippen LogP contribution in [0.3, 0.4) is 0 Å². The number of ether oxygens (including phenoxy) is 2. The molecule has 2 aromatic heterocycles. The van der Waals surface area contributed by atoms with Gasteiger partial charge in [0.15, 0.2) is 11.3 Å². The van der Waals surface area contributed by atoms with Crippen LogP contribution in [-0.4, -0.2) is 40.3 Å². The molecular weight excluding hydrogens is 314 g/mol. The smallest absolute Gasteiger partial charge is 0.358 e. The van der Waals surface area contributed by atoms with Gasteiger partial charge in [0.05, 0.1) is 30.2 Å². The molecule has 0 saturated carbocycles. The summed E-state index contributed by atoms with van der Waals surface area (Å²) in [4.78, 5) is 40.2. The Morgan fingerprint density at radius 1 is 1.17 bits per heavy atom. The first kappa shape index (κ1) is 15.6. The van der Waals surface area contributed by atoms with Crippen molar-refractivity contribution in [1.82, 2.24) is 14.6 Å². The van der Waals surface area contributed by atoms with E-state index in [0.29, 0.717) is 5.52 Å². The van der Waals surface area contributed by atoms with Crippen molar-refractivity contribution >= 4 is 28.5 Å². The fraction of sp³-hybridized carbons (Fsp3) is 0.188. The van der Waals surface area contributed by atoms with E-state index >= 15 is 0 Å². The maximum atomic E-state index is 12.6. The van der Waals surface area contributed by atoms with E-state index in [1.807, 2.05) is 0 Å². The quantitative estimate of drug-likeness (QED) is 0.526. The van der Waals surface area contributed by atoms with Gasteiger partial charge in [-0.25, -0.2) is 14.6 Å². The van der Waals surface area contributed by atoms with Gasteiger partial charge >= 0.3 is 11.9 Å². The molecule has 0 saturated heterocycles. The van der Waals surface area contributed by atoms with E-state index in [9.17, 15) is 14.4 Å². The average Bonchev–Trinajstić information content (AvgIpc) is 2.60. The third-order valence-electron chi connectivity index (χ3n) is 3.38. The first-order chi connectivity index (χ1) is 11.5. The number of carbonyl (C=O) groups excluding carboxylic acids is 2. The van der Waals surface area contributed by atoms with Crippen LogP contribution in [0.5, 0.6) is 0 Å². The van der Waals surface area contributed by atoms with Gasteiger partial charge in [-0.1, -0.05) is 0 Å². The van der Waals surface area contributed by atoms with Crippen molar-refractivity contribution in [3.8, 4) is 0 Å². The Kier molecular flexibility index (Phi) is 3.95. The Morgan fingerprint density at radius 3 is 2.67 bits per heavy atom. The monoisotopic (exact) mass is 327 g/mol. The summed E-state index contributed by atoms with van der Waals surface area (Å²) in [5.74, 6) is -1.14. The predicted molar refractivity (Wildman–Crippen MR) is 84.1 cm³/mol. The minimum absolute atomic E-state index is 0.0128. The summed E-state index contributed by atoms with van der Waals surface area (Å²) >= 11 is 0. The fourth-order valence-corrected chi connectivity index (χ4v) is 2.25. The van der Waals surface area contributed by atoms with Gasteiger partial charge in [0.1, 0.15) is 0 Å². The standard InChI is InChI=1S/C16H13N3O5/c1-3-24-16(22)11-6-7-13-17-12-8-9(15(21)23-2)4-5-10(12)14(20)19(13)18-11/h4-8H,3H2,1-2H3. The largest absolute Gasteiger partial charge is 0.465 e. The maximum Gasteiger partial charge on any atom is 0.358 e. The van der Waals surface area contributed by atoms with Gasteiger partial charge < -0.3 is 9.47 Å². The average molecular weight is 327 g/mol. The van der Waals surface area contributed by atoms with Crippen molar-refractivity contribution in [2.75, 3.05) is 13.7 Å². The topological polar surface area (TPSA) is 99.9 Å². The molecular formula is C16H13N3O5. The van der Waals surface area contributed by atoms with Crippen LogP contribution in [0.15, 0.2) is 35.1 Å². The summed E-state index contributed by atoms with van der Waals surface area (Å²) in [5, 5.41) is 4.26. The van der Waals surface area contributed by atoms with Gasteiger partial charge in [0.25, 0.3) is 5.56 Å². The molecule has 8 heteroatoms. The van der Waals surface area contributed by atoms with E-state index in [1.165, 1.54) is 37.4 Å². The molecule has 3 aromatic rings. The first-order valence-corrected chi connectivity index (χ1v) is 7.14.